The van der Waals surface area contributed by atoms with Crippen LogP contribution in [0.2, 0.25) is 0 Å². The molecule has 0 radical (unpaired) electrons. The van der Waals surface area contributed by atoms with Crippen molar-refractivity contribution in [3.05, 3.63) is 67.3 Å². The van der Waals surface area contributed by atoms with E-state index in [1.54, 1.807) is 19.5 Å². The van der Waals surface area contributed by atoms with Crippen LogP contribution >= 0.6 is 0 Å². The van der Waals surface area contributed by atoms with Gasteiger partial charge in [0.2, 0.25) is 0 Å². The van der Waals surface area contributed by atoms with Crippen molar-refractivity contribution >= 4 is 0 Å². The number of hydrogen-bond acceptors (Lipinski definition) is 5. The zero-order valence-corrected chi connectivity index (χ0v) is 17.0. The van der Waals surface area contributed by atoms with Crippen LogP contribution in [0.4, 0.5) is 0 Å². The first-order valence-corrected chi connectivity index (χ1v) is 9.56. The molecule has 29 heavy (non-hydrogen) atoms. The number of aryl methyl sites for hydroxylation is 1. The van der Waals surface area contributed by atoms with E-state index in [9.17, 15) is 0 Å². The minimum atomic E-state index is 0.0112. The summed E-state index contributed by atoms with van der Waals surface area (Å²) in [4.78, 5) is 18.0. The van der Waals surface area contributed by atoms with E-state index in [1.165, 1.54) is 0 Å². The van der Waals surface area contributed by atoms with Gasteiger partial charge in [-0.15, -0.1) is 0 Å². The Balaban J connectivity index is 1.94. The van der Waals surface area contributed by atoms with Crippen molar-refractivity contribution in [1.82, 2.24) is 29.1 Å². The van der Waals surface area contributed by atoms with Crippen LogP contribution in [-0.2, 0) is 7.05 Å². The maximum Gasteiger partial charge on any atom is 0.316 e. The number of methoxy groups -OCH3 is 1. The maximum atomic E-state index is 5.13. The van der Waals surface area contributed by atoms with Crippen molar-refractivity contribution in [1.29, 1.82) is 0 Å². The van der Waals surface area contributed by atoms with E-state index < -0.39 is 0 Å². The van der Waals surface area contributed by atoms with Gasteiger partial charge in [-0.25, -0.2) is 19.9 Å². The molecule has 0 amide bonds. The lowest BCUT2D eigenvalue weighted by atomic mass is 10.0. The van der Waals surface area contributed by atoms with Gasteiger partial charge < -0.3 is 13.9 Å². The summed E-state index contributed by atoms with van der Waals surface area (Å²) in [6.07, 6.45) is 9.25. The van der Waals surface area contributed by atoms with E-state index in [0.29, 0.717) is 11.9 Å². The van der Waals surface area contributed by atoms with Crippen molar-refractivity contribution in [3.63, 3.8) is 0 Å². The molecule has 0 aliphatic rings. The molecule has 7 heteroatoms. The molecule has 0 bridgehead atoms. The van der Waals surface area contributed by atoms with Crippen molar-refractivity contribution in [2.75, 3.05) is 7.11 Å². The van der Waals surface area contributed by atoms with Gasteiger partial charge in [0, 0.05) is 43.0 Å². The molecule has 148 valence electrons. The van der Waals surface area contributed by atoms with Gasteiger partial charge in [0.25, 0.3) is 0 Å². The van der Waals surface area contributed by atoms with Gasteiger partial charge in [0.05, 0.1) is 30.9 Å². The maximum absolute atomic E-state index is 5.13. The minimum absolute atomic E-state index is 0.0112. The third-order valence-electron chi connectivity index (χ3n) is 4.98. The normalized spacial score (nSPS) is 12.3. The third kappa shape index (κ3) is 3.51. The number of rotatable bonds is 6. The van der Waals surface area contributed by atoms with Gasteiger partial charge in [-0.05, 0) is 5.92 Å². The van der Waals surface area contributed by atoms with Crippen LogP contribution in [0.25, 0.3) is 22.5 Å². The molecule has 1 aromatic carbocycles. The van der Waals surface area contributed by atoms with Gasteiger partial charge in [-0.3, -0.25) is 0 Å². The van der Waals surface area contributed by atoms with Crippen LogP contribution in [-0.4, -0.2) is 36.2 Å². The smallest absolute Gasteiger partial charge is 0.316 e. The average molecular weight is 388 g/mol. The Hall–Kier alpha value is -3.48. The van der Waals surface area contributed by atoms with Gasteiger partial charge >= 0.3 is 6.01 Å². The van der Waals surface area contributed by atoms with Crippen LogP contribution < -0.4 is 4.74 Å². The van der Waals surface area contributed by atoms with Gasteiger partial charge in [-0.1, -0.05) is 44.2 Å². The molecule has 4 rings (SSSR count). The molecule has 0 aliphatic carbocycles. The number of aromatic nitrogens is 6. The zero-order chi connectivity index (χ0) is 20.4. The van der Waals surface area contributed by atoms with Crippen molar-refractivity contribution in [3.8, 4) is 28.5 Å². The lowest BCUT2D eigenvalue weighted by Crippen LogP contribution is -2.20. The van der Waals surface area contributed by atoms with Crippen molar-refractivity contribution in [2.24, 2.45) is 13.0 Å². The highest BCUT2D eigenvalue weighted by atomic mass is 16.5. The Morgan fingerprint density at radius 3 is 2.24 bits per heavy atom. The molecule has 0 N–H and O–H groups in total. The third-order valence-corrected chi connectivity index (χ3v) is 4.98. The summed E-state index contributed by atoms with van der Waals surface area (Å²) >= 11 is 0. The topological polar surface area (TPSA) is 70.7 Å². The van der Waals surface area contributed by atoms with Crippen LogP contribution in [0.3, 0.4) is 0 Å². The first-order valence-electron chi connectivity index (χ1n) is 9.56. The first kappa shape index (κ1) is 18.9. The van der Waals surface area contributed by atoms with Crippen LogP contribution in [0, 0.1) is 5.92 Å². The summed E-state index contributed by atoms with van der Waals surface area (Å²) in [7, 11) is 3.58. The minimum Gasteiger partial charge on any atom is -0.467 e. The predicted octanol–water partition coefficient (Wildman–Crippen LogP) is 3.99. The first-order chi connectivity index (χ1) is 14.1. The summed E-state index contributed by atoms with van der Waals surface area (Å²) in [5, 5.41) is 0. The average Bonchev–Trinajstić information content (AvgIpc) is 3.36. The van der Waals surface area contributed by atoms with Gasteiger partial charge in [-0.2, -0.15) is 0 Å². The molecule has 0 saturated carbocycles. The molecular weight excluding hydrogens is 364 g/mol. The molecule has 0 fully saturated rings. The monoisotopic (exact) mass is 388 g/mol. The Labute approximate surface area is 170 Å². The molecule has 0 saturated heterocycles. The second-order valence-electron chi connectivity index (χ2n) is 7.26. The quantitative estimate of drug-likeness (QED) is 0.499. The Morgan fingerprint density at radius 2 is 1.66 bits per heavy atom. The summed E-state index contributed by atoms with van der Waals surface area (Å²) < 4.78 is 9.37. The van der Waals surface area contributed by atoms with Crippen LogP contribution in [0.5, 0.6) is 6.01 Å². The fraction of sp³-hybridized carbons (Fsp3) is 0.273. The number of benzene rings is 1. The lowest BCUT2D eigenvalue weighted by Gasteiger charge is -2.24. The molecule has 3 heterocycles. The SMILES string of the molecule is COc1ncc(-c2c(-c3ccccc3)ncn2C(c2nccn2C)C(C)C)cn1. The van der Waals surface area contributed by atoms with E-state index in [0.717, 1.165) is 28.3 Å². The highest BCUT2D eigenvalue weighted by molar-refractivity contribution is 5.78. The number of nitrogens with zero attached hydrogens (tertiary/aromatic N) is 6. The molecule has 3 aromatic heterocycles. The summed E-state index contributed by atoms with van der Waals surface area (Å²) in [6.45, 7) is 4.38. The molecule has 0 spiro atoms. The van der Waals surface area contributed by atoms with Crippen molar-refractivity contribution < 1.29 is 4.74 Å². The summed E-state index contributed by atoms with van der Waals surface area (Å²) in [6, 6.07) is 10.5. The van der Waals surface area contributed by atoms with Crippen LogP contribution in [0.15, 0.2) is 61.4 Å². The molecule has 1 unspecified atom stereocenters. The Morgan fingerprint density at radius 1 is 0.931 bits per heavy atom. The number of imidazole rings is 2. The lowest BCUT2D eigenvalue weighted by molar-refractivity contribution is 0.379. The second-order valence-corrected chi connectivity index (χ2v) is 7.26. The highest BCUT2D eigenvalue weighted by Gasteiger charge is 2.27. The molecule has 1 atom stereocenters. The summed E-state index contributed by atoms with van der Waals surface area (Å²) in [5.74, 6) is 1.28. The molecule has 4 aromatic rings. The highest BCUT2D eigenvalue weighted by Crippen LogP contribution is 2.36. The Kier molecular flexibility index (Phi) is 5.12. The van der Waals surface area contributed by atoms with Crippen LogP contribution in [0.1, 0.15) is 25.7 Å². The molecular formula is C22H24N6O. The summed E-state index contributed by atoms with van der Waals surface area (Å²) in [5.41, 5.74) is 3.77. The van der Waals surface area contributed by atoms with E-state index in [4.69, 9.17) is 9.72 Å². The van der Waals surface area contributed by atoms with E-state index >= 15 is 0 Å². The van der Waals surface area contributed by atoms with Gasteiger partial charge in [0.15, 0.2) is 0 Å². The van der Waals surface area contributed by atoms with Gasteiger partial charge in [0.1, 0.15) is 5.82 Å². The van der Waals surface area contributed by atoms with E-state index in [2.05, 4.69) is 50.1 Å². The standard InChI is InChI=1S/C22H24N6O/c1-15(2)19(21-23-10-11-27(21)3)28-14-26-18(16-8-6-5-7-9-16)20(28)17-12-24-22(29-4)25-13-17/h5-15,19H,1-4H3. The molecule has 7 nitrogen and oxygen atoms in total. The fourth-order valence-electron chi connectivity index (χ4n) is 3.61. The zero-order valence-electron chi connectivity index (χ0n) is 17.0. The predicted molar refractivity (Wildman–Crippen MR) is 111 cm³/mol. The van der Waals surface area contributed by atoms with E-state index in [1.807, 2.05) is 44.0 Å². The number of hydrogen-bond donors (Lipinski definition) is 0. The second kappa shape index (κ2) is 7.87. The molecule has 0 aliphatic heterocycles. The van der Waals surface area contributed by atoms with E-state index in [-0.39, 0.29) is 6.04 Å². The van der Waals surface area contributed by atoms with Crippen molar-refractivity contribution in [2.45, 2.75) is 19.9 Å². The fourth-order valence-corrected chi connectivity index (χ4v) is 3.61. The largest absolute Gasteiger partial charge is 0.467 e. The number of ether oxygens (including phenoxy) is 1. The Bertz CT molecular complexity index is 1080.